The van der Waals surface area contributed by atoms with E-state index in [2.05, 4.69) is 68.1 Å². The van der Waals surface area contributed by atoms with Crippen LogP contribution in [0, 0.1) is 18.3 Å². The number of likely N-dealkylation sites (N-methyl/N-ethyl adjacent to an activating group) is 1. The first-order chi connectivity index (χ1) is 17.8. The van der Waals surface area contributed by atoms with Crippen LogP contribution in [0.1, 0.15) is 70.6 Å². The fraction of sp³-hybridized carbons (Fsp3) is 0.375. The number of nitrogens with two attached hydrogens (primary N) is 1. The van der Waals surface area contributed by atoms with Crippen molar-refractivity contribution in [2.24, 2.45) is 0 Å². The molecule has 0 spiro atoms. The molecule has 0 aliphatic heterocycles. The summed E-state index contributed by atoms with van der Waals surface area (Å²) in [5.74, 6) is 1.02. The molecule has 0 fully saturated rings. The number of nitrogens with zero attached hydrogens (tertiary/aromatic N) is 2. The van der Waals surface area contributed by atoms with Crippen LogP contribution in [0.4, 0.5) is 11.5 Å². The molecule has 0 aliphatic rings. The fourth-order valence-corrected chi connectivity index (χ4v) is 2.66. The van der Waals surface area contributed by atoms with Gasteiger partial charge in [0.15, 0.2) is 0 Å². The Kier molecular flexibility index (Phi) is 23.1. The molecule has 3 rings (SSSR count). The molecule has 0 radical (unpaired) electrons. The van der Waals surface area contributed by atoms with E-state index in [0.29, 0.717) is 11.7 Å². The monoisotopic (exact) mass is 503 g/mol. The normalized spacial score (nSPS) is 9.59. The molecule has 1 unspecified atom stereocenters. The van der Waals surface area contributed by atoms with Crippen molar-refractivity contribution in [2.75, 3.05) is 31.2 Å². The van der Waals surface area contributed by atoms with Crippen LogP contribution >= 0.6 is 0 Å². The van der Waals surface area contributed by atoms with Gasteiger partial charge in [-0.2, -0.15) is 5.26 Å². The van der Waals surface area contributed by atoms with Crippen molar-refractivity contribution in [2.45, 2.75) is 60.8 Å². The predicted molar refractivity (Wildman–Crippen MR) is 164 cm³/mol. The van der Waals surface area contributed by atoms with E-state index in [9.17, 15) is 0 Å². The molecule has 4 N–H and O–H groups in total. The van der Waals surface area contributed by atoms with Gasteiger partial charge in [-0.05, 0) is 56.6 Å². The molecule has 0 aliphatic carbocycles. The molecule has 3 aromatic rings. The van der Waals surface area contributed by atoms with E-state index in [1.54, 1.807) is 6.20 Å². The Bertz CT molecular complexity index is 976. The van der Waals surface area contributed by atoms with E-state index in [1.165, 1.54) is 17.5 Å². The van der Waals surface area contributed by atoms with E-state index < -0.39 is 0 Å². The summed E-state index contributed by atoms with van der Waals surface area (Å²) in [4.78, 5) is 3.94. The minimum absolute atomic E-state index is 0.498. The minimum atomic E-state index is 0.498. The molecule has 37 heavy (non-hydrogen) atoms. The Morgan fingerprint density at radius 2 is 1.59 bits per heavy atom. The average molecular weight is 504 g/mol. The lowest BCUT2D eigenvalue weighted by molar-refractivity contribution is 0.678. The van der Waals surface area contributed by atoms with Crippen LogP contribution in [0.3, 0.4) is 0 Å². The lowest BCUT2D eigenvalue weighted by atomic mass is 10.0. The van der Waals surface area contributed by atoms with Crippen LogP contribution in [0.25, 0.3) is 0 Å². The number of pyridine rings is 1. The lowest BCUT2D eigenvalue weighted by Gasteiger charge is -2.10. The Morgan fingerprint density at radius 3 is 2.00 bits per heavy atom. The summed E-state index contributed by atoms with van der Waals surface area (Å²) in [5.41, 5.74) is 10.8. The molecule has 0 bridgehead atoms. The molecule has 0 amide bonds. The SMILES string of the molecule is C=C(C)CNc1cccnc1N.CC.CCC.CNCC(C)c1ccc(C#N)cc1.Cc1ccccc1. The molecular weight excluding hydrogens is 454 g/mol. The first-order valence-corrected chi connectivity index (χ1v) is 13.0. The van der Waals surface area contributed by atoms with Gasteiger partial charge in [0.05, 0.1) is 17.3 Å². The maximum Gasteiger partial charge on any atom is 0.146 e. The number of nitriles is 1. The van der Waals surface area contributed by atoms with Gasteiger partial charge in [-0.25, -0.2) is 4.98 Å². The zero-order valence-corrected chi connectivity index (χ0v) is 24.3. The standard InChI is InChI=1S/C11H14N2.C9H13N3.C7H8.C3H8.C2H6/c1-9(8-13-2)11-5-3-10(7-12)4-6-11;1-7(2)6-12-8-4-3-5-11-9(8)10;1-7-5-3-2-4-6-7;1-3-2;1-2/h3-6,9,13H,8H2,1-2H3;3-5,12H,1,6H2,2H3,(H2,10,11);2-6H,1H3;3H2,1-2H3;1-2H3. The maximum atomic E-state index is 8.61. The highest BCUT2D eigenvalue weighted by Gasteiger charge is 2.03. The van der Waals surface area contributed by atoms with Crippen LogP contribution < -0.4 is 16.4 Å². The van der Waals surface area contributed by atoms with Gasteiger partial charge in [-0.15, -0.1) is 0 Å². The van der Waals surface area contributed by atoms with Gasteiger partial charge in [0.2, 0.25) is 0 Å². The van der Waals surface area contributed by atoms with Crippen molar-refractivity contribution in [3.63, 3.8) is 0 Å². The summed E-state index contributed by atoms with van der Waals surface area (Å²) in [7, 11) is 1.94. The highest BCUT2D eigenvalue weighted by molar-refractivity contribution is 5.61. The molecule has 5 nitrogen and oxygen atoms in total. The second-order valence-corrected chi connectivity index (χ2v) is 8.30. The van der Waals surface area contributed by atoms with Crippen molar-refractivity contribution in [1.82, 2.24) is 10.3 Å². The molecule has 1 heterocycles. The minimum Gasteiger partial charge on any atom is -0.382 e. The molecule has 202 valence electrons. The number of aromatic nitrogens is 1. The van der Waals surface area contributed by atoms with Gasteiger partial charge >= 0.3 is 0 Å². The Balaban J connectivity index is 0. The molecule has 1 aromatic heterocycles. The summed E-state index contributed by atoms with van der Waals surface area (Å²) in [5, 5.41) is 14.9. The highest BCUT2D eigenvalue weighted by Crippen LogP contribution is 2.14. The molecule has 0 saturated heterocycles. The van der Waals surface area contributed by atoms with Crippen molar-refractivity contribution in [3.8, 4) is 6.07 Å². The summed E-state index contributed by atoms with van der Waals surface area (Å²) < 4.78 is 0. The number of benzene rings is 2. The first kappa shape index (κ1) is 35.5. The summed E-state index contributed by atoms with van der Waals surface area (Å²) in [6, 6.07) is 23.9. The van der Waals surface area contributed by atoms with E-state index >= 15 is 0 Å². The van der Waals surface area contributed by atoms with Crippen molar-refractivity contribution in [1.29, 1.82) is 5.26 Å². The largest absolute Gasteiger partial charge is 0.382 e. The quantitative estimate of drug-likeness (QED) is 0.297. The second kappa shape index (κ2) is 24.1. The average Bonchev–Trinajstić information content (AvgIpc) is 2.91. The topological polar surface area (TPSA) is 86.8 Å². The Morgan fingerprint density at radius 1 is 1.03 bits per heavy atom. The number of hydrogen-bond acceptors (Lipinski definition) is 5. The predicted octanol–water partition coefficient (Wildman–Crippen LogP) is 7.97. The molecule has 2 aromatic carbocycles. The van der Waals surface area contributed by atoms with Crippen LogP contribution in [-0.2, 0) is 0 Å². The molecule has 5 heteroatoms. The Hall–Kier alpha value is -3.62. The van der Waals surface area contributed by atoms with E-state index in [-0.39, 0.29) is 0 Å². The molecular formula is C32H49N5. The third-order valence-electron chi connectivity index (χ3n) is 4.48. The van der Waals surface area contributed by atoms with Gasteiger partial charge < -0.3 is 16.4 Å². The Labute approximate surface area is 226 Å². The van der Waals surface area contributed by atoms with Gasteiger partial charge in [-0.1, -0.05) is 101 Å². The molecule has 0 saturated carbocycles. The van der Waals surface area contributed by atoms with Crippen LogP contribution in [0.15, 0.2) is 85.1 Å². The zero-order chi connectivity index (χ0) is 28.5. The summed E-state index contributed by atoms with van der Waals surface area (Å²) in [6.45, 7) is 19.9. The smallest absolute Gasteiger partial charge is 0.146 e. The fourth-order valence-electron chi connectivity index (χ4n) is 2.66. The number of anilines is 2. The summed E-state index contributed by atoms with van der Waals surface area (Å²) in [6.07, 6.45) is 2.92. The number of aryl methyl sites for hydroxylation is 1. The summed E-state index contributed by atoms with van der Waals surface area (Å²) >= 11 is 0. The number of hydrogen-bond donors (Lipinski definition) is 3. The third-order valence-corrected chi connectivity index (χ3v) is 4.48. The number of rotatable bonds is 6. The van der Waals surface area contributed by atoms with Gasteiger partial charge in [0.1, 0.15) is 5.82 Å². The van der Waals surface area contributed by atoms with Crippen LogP contribution in [-0.4, -0.2) is 25.1 Å². The van der Waals surface area contributed by atoms with Crippen molar-refractivity contribution >= 4 is 11.5 Å². The second-order valence-electron chi connectivity index (χ2n) is 8.30. The zero-order valence-electron chi connectivity index (χ0n) is 24.3. The van der Waals surface area contributed by atoms with Gasteiger partial charge in [0.25, 0.3) is 0 Å². The first-order valence-electron chi connectivity index (χ1n) is 13.0. The van der Waals surface area contributed by atoms with Crippen molar-refractivity contribution in [3.05, 3.63) is 102 Å². The highest BCUT2D eigenvalue weighted by atomic mass is 14.9. The van der Waals surface area contributed by atoms with E-state index in [0.717, 1.165) is 29.9 Å². The number of nitrogen functional groups attached to an aromatic ring is 1. The number of nitrogens with one attached hydrogen (secondary N) is 2. The van der Waals surface area contributed by atoms with Crippen LogP contribution in [0.5, 0.6) is 0 Å². The van der Waals surface area contributed by atoms with Crippen LogP contribution in [0.2, 0.25) is 0 Å². The van der Waals surface area contributed by atoms with Gasteiger partial charge in [0, 0.05) is 19.3 Å². The van der Waals surface area contributed by atoms with E-state index in [4.69, 9.17) is 11.0 Å². The maximum absolute atomic E-state index is 8.61. The van der Waals surface area contributed by atoms with E-state index in [1.807, 2.05) is 82.4 Å². The third kappa shape index (κ3) is 19.3. The molecule has 1 atom stereocenters. The van der Waals surface area contributed by atoms with Crippen molar-refractivity contribution < 1.29 is 0 Å². The lowest BCUT2D eigenvalue weighted by Crippen LogP contribution is -2.14. The van der Waals surface area contributed by atoms with Gasteiger partial charge in [-0.3, -0.25) is 0 Å².